The molecule has 13 heavy (non-hydrogen) atoms. The van der Waals surface area contributed by atoms with Gasteiger partial charge in [-0.3, -0.25) is 0 Å². The van der Waals surface area contributed by atoms with Gasteiger partial charge in [0.05, 0.1) is 12.2 Å². The topological polar surface area (TPSA) is 29.9 Å². The summed E-state index contributed by atoms with van der Waals surface area (Å²) in [6, 6.07) is 0. The van der Waals surface area contributed by atoms with Crippen LogP contribution in [0.2, 0.25) is 0 Å². The highest BCUT2D eigenvalue weighted by atomic mass is 79.9. The van der Waals surface area contributed by atoms with Crippen molar-refractivity contribution >= 4 is 15.9 Å². The second-order valence-corrected chi connectivity index (χ2v) is 3.86. The predicted octanol–water partition coefficient (Wildman–Crippen LogP) is 1.85. The van der Waals surface area contributed by atoms with Crippen LogP contribution in [0.5, 0.6) is 0 Å². The molecule has 0 saturated carbocycles. The molecule has 0 bridgehead atoms. The Labute approximate surface area is 87.7 Å². The molecule has 1 aromatic rings. The number of rotatable bonds is 4. The molecule has 0 aromatic carbocycles. The second-order valence-electron chi connectivity index (χ2n) is 3.10. The number of halogens is 1. The lowest BCUT2D eigenvalue weighted by Crippen LogP contribution is -2.10. The Kier molecular flexibility index (Phi) is 3.93. The van der Waals surface area contributed by atoms with Crippen LogP contribution in [0.15, 0.2) is 4.60 Å². The molecule has 3 nitrogen and oxygen atoms in total. The van der Waals surface area contributed by atoms with Crippen molar-refractivity contribution in [2.75, 3.05) is 7.05 Å². The van der Waals surface area contributed by atoms with Crippen LogP contribution in [0.25, 0.3) is 0 Å². The molecule has 74 valence electrons. The van der Waals surface area contributed by atoms with Gasteiger partial charge < -0.3 is 9.88 Å². The van der Waals surface area contributed by atoms with E-state index in [9.17, 15) is 0 Å². The number of nitrogens with zero attached hydrogens (tertiary/aromatic N) is 2. The van der Waals surface area contributed by atoms with Gasteiger partial charge in [0.15, 0.2) is 0 Å². The first-order valence-corrected chi connectivity index (χ1v) is 5.34. The van der Waals surface area contributed by atoms with Gasteiger partial charge in [0.1, 0.15) is 10.4 Å². The summed E-state index contributed by atoms with van der Waals surface area (Å²) >= 11 is 3.54. The standard InChI is InChI=1S/C9H16BrN3/c1-4-5-7-9(10)13(3)8(12-7)6-11-2/h11H,4-6H2,1-3H3. The van der Waals surface area contributed by atoms with Crippen LogP contribution in [0.4, 0.5) is 0 Å². The number of nitrogens with one attached hydrogen (secondary N) is 1. The van der Waals surface area contributed by atoms with Crippen LogP contribution in [0, 0.1) is 0 Å². The van der Waals surface area contributed by atoms with Gasteiger partial charge in [-0.2, -0.15) is 0 Å². The second kappa shape index (κ2) is 4.77. The highest BCUT2D eigenvalue weighted by Crippen LogP contribution is 2.18. The highest BCUT2D eigenvalue weighted by molar-refractivity contribution is 9.10. The van der Waals surface area contributed by atoms with Crippen molar-refractivity contribution in [3.8, 4) is 0 Å². The molecule has 0 saturated heterocycles. The van der Waals surface area contributed by atoms with E-state index in [4.69, 9.17) is 0 Å². The summed E-state index contributed by atoms with van der Waals surface area (Å²) in [4.78, 5) is 4.54. The predicted molar refractivity (Wildman–Crippen MR) is 57.7 cm³/mol. The van der Waals surface area contributed by atoms with Crippen molar-refractivity contribution in [1.82, 2.24) is 14.9 Å². The maximum Gasteiger partial charge on any atom is 0.123 e. The molecule has 0 spiro atoms. The van der Waals surface area contributed by atoms with Crippen LogP contribution in [0.1, 0.15) is 24.9 Å². The first-order chi connectivity index (χ1) is 6.20. The Morgan fingerprint density at radius 1 is 1.54 bits per heavy atom. The maximum atomic E-state index is 4.54. The molecular formula is C9H16BrN3. The summed E-state index contributed by atoms with van der Waals surface area (Å²) in [5.41, 5.74) is 1.16. The van der Waals surface area contributed by atoms with Gasteiger partial charge in [-0.25, -0.2) is 4.98 Å². The average Bonchev–Trinajstić information content (AvgIpc) is 2.36. The fraction of sp³-hybridized carbons (Fsp3) is 0.667. The number of hydrogen-bond donors (Lipinski definition) is 1. The number of aromatic nitrogens is 2. The maximum absolute atomic E-state index is 4.54. The summed E-state index contributed by atoms with van der Waals surface area (Å²) < 4.78 is 3.20. The van der Waals surface area contributed by atoms with Gasteiger partial charge in [0, 0.05) is 7.05 Å². The number of hydrogen-bond acceptors (Lipinski definition) is 2. The largest absolute Gasteiger partial charge is 0.325 e. The van der Waals surface area contributed by atoms with Crippen LogP contribution in [0.3, 0.4) is 0 Å². The first kappa shape index (κ1) is 10.7. The number of aryl methyl sites for hydroxylation is 1. The van der Waals surface area contributed by atoms with Crippen LogP contribution >= 0.6 is 15.9 Å². The Hall–Kier alpha value is -0.350. The zero-order valence-electron chi connectivity index (χ0n) is 8.39. The van der Waals surface area contributed by atoms with Crippen molar-refractivity contribution in [3.05, 3.63) is 16.1 Å². The van der Waals surface area contributed by atoms with Crippen LogP contribution in [-0.4, -0.2) is 16.6 Å². The highest BCUT2D eigenvalue weighted by Gasteiger charge is 2.10. The Morgan fingerprint density at radius 3 is 2.77 bits per heavy atom. The number of imidazole rings is 1. The molecule has 1 N–H and O–H groups in total. The van der Waals surface area contributed by atoms with E-state index in [1.807, 2.05) is 14.1 Å². The lowest BCUT2D eigenvalue weighted by atomic mass is 10.3. The molecule has 1 heterocycles. The fourth-order valence-electron chi connectivity index (χ4n) is 1.30. The first-order valence-electron chi connectivity index (χ1n) is 4.55. The van der Waals surface area contributed by atoms with E-state index in [1.165, 1.54) is 0 Å². The Morgan fingerprint density at radius 2 is 2.23 bits per heavy atom. The monoisotopic (exact) mass is 245 g/mol. The van der Waals surface area contributed by atoms with E-state index in [2.05, 4.69) is 37.7 Å². The minimum absolute atomic E-state index is 0.818. The third-order valence-electron chi connectivity index (χ3n) is 2.01. The molecule has 0 aliphatic heterocycles. The van der Waals surface area contributed by atoms with E-state index in [-0.39, 0.29) is 0 Å². The fourth-order valence-corrected chi connectivity index (χ4v) is 1.79. The minimum Gasteiger partial charge on any atom is -0.325 e. The smallest absolute Gasteiger partial charge is 0.123 e. The van der Waals surface area contributed by atoms with Gasteiger partial charge in [0.25, 0.3) is 0 Å². The molecule has 4 heteroatoms. The minimum atomic E-state index is 0.818. The molecule has 0 fully saturated rings. The van der Waals surface area contributed by atoms with E-state index in [1.54, 1.807) is 0 Å². The van der Waals surface area contributed by atoms with E-state index < -0.39 is 0 Å². The molecule has 0 atom stereocenters. The Balaban J connectivity index is 2.90. The zero-order valence-corrected chi connectivity index (χ0v) is 9.98. The van der Waals surface area contributed by atoms with E-state index in [0.29, 0.717) is 0 Å². The molecule has 0 unspecified atom stereocenters. The van der Waals surface area contributed by atoms with Gasteiger partial charge in [-0.1, -0.05) is 13.3 Å². The van der Waals surface area contributed by atoms with Gasteiger partial charge in [-0.05, 0) is 29.4 Å². The molecule has 0 radical (unpaired) electrons. The molecule has 0 amide bonds. The molecule has 1 aromatic heterocycles. The lowest BCUT2D eigenvalue weighted by molar-refractivity contribution is 0.703. The third-order valence-corrected chi connectivity index (χ3v) is 3.00. The van der Waals surface area contributed by atoms with Crippen molar-refractivity contribution in [3.63, 3.8) is 0 Å². The van der Waals surface area contributed by atoms with Crippen LogP contribution in [-0.2, 0) is 20.0 Å². The summed E-state index contributed by atoms with van der Waals surface area (Å²) in [6.45, 7) is 2.98. The quantitative estimate of drug-likeness (QED) is 0.878. The average molecular weight is 246 g/mol. The van der Waals surface area contributed by atoms with Gasteiger partial charge in [-0.15, -0.1) is 0 Å². The molecule has 1 rings (SSSR count). The molecular weight excluding hydrogens is 230 g/mol. The summed E-state index contributed by atoms with van der Waals surface area (Å²) in [7, 11) is 3.96. The third kappa shape index (κ3) is 2.31. The van der Waals surface area contributed by atoms with Crippen molar-refractivity contribution in [2.45, 2.75) is 26.3 Å². The summed E-state index contributed by atoms with van der Waals surface area (Å²) in [5.74, 6) is 1.08. The van der Waals surface area contributed by atoms with Crippen molar-refractivity contribution < 1.29 is 0 Å². The SMILES string of the molecule is CCCc1nc(CNC)n(C)c1Br. The van der Waals surface area contributed by atoms with E-state index >= 15 is 0 Å². The summed E-state index contributed by atoms with van der Waals surface area (Å²) in [5, 5.41) is 3.10. The summed E-state index contributed by atoms with van der Waals surface area (Å²) in [6.07, 6.45) is 2.17. The van der Waals surface area contributed by atoms with Crippen molar-refractivity contribution in [1.29, 1.82) is 0 Å². The Bertz CT molecular complexity index is 254. The molecule has 0 aliphatic rings. The van der Waals surface area contributed by atoms with Crippen molar-refractivity contribution in [2.24, 2.45) is 7.05 Å². The van der Waals surface area contributed by atoms with Gasteiger partial charge >= 0.3 is 0 Å². The van der Waals surface area contributed by atoms with Gasteiger partial charge in [0.2, 0.25) is 0 Å². The lowest BCUT2D eigenvalue weighted by Gasteiger charge is -1.99. The normalized spacial score (nSPS) is 10.8. The zero-order chi connectivity index (χ0) is 9.84. The van der Waals surface area contributed by atoms with E-state index in [0.717, 1.165) is 35.5 Å². The molecule has 0 aliphatic carbocycles. The van der Waals surface area contributed by atoms with Crippen LogP contribution < -0.4 is 5.32 Å².